The quantitative estimate of drug-likeness (QED) is 0.869. The molecule has 5 heteroatoms. The van der Waals surface area contributed by atoms with E-state index in [0.717, 1.165) is 6.42 Å². The van der Waals surface area contributed by atoms with Crippen molar-refractivity contribution in [3.63, 3.8) is 0 Å². The highest BCUT2D eigenvalue weighted by atomic mass is 32.1. The highest BCUT2D eigenvalue weighted by Crippen LogP contribution is 2.24. The number of carbonyl (C=O) groups is 2. The molecule has 86 valence electrons. The van der Waals surface area contributed by atoms with E-state index in [9.17, 15) is 9.59 Å². The second kappa shape index (κ2) is 4.65. The summed E-state index contributed by atoms with van der Waals surface area (Å²) >= 11 is 1.73. The molecule has 0 spiro atoms. The van der Waals surface area contributed by atoms with Crippen molar-refractivity contribution >= 4 is 23.2 Å². The van der Waals surface area contributed by atoms with Crippen LogP contribution in [0.25, 0.3) is 0 Å². The van der Waals surface area contributed by atoms with Gasteiger partial charge in [-0.05, 0) is 23.4 Å². The number of carboxylic acid groups (broad SMARTS) is 1. The molecule has 1 aliphatic heterocycles. The van der Waals surface area contributed by atoms with Gasteiger partial charge in [0, 0.05) is 24.4 Å². The topological polar surface area (TPSA) is 57.6 Å². The molecule has 0 saturated carbocycles. The molecule has 0 atom stereocenters. The van der Waals surface area contributed by atoms with Crippen LogP contribution in [0.15, 0.2) is 11.4 Å². The summed E-state index contributed by atoms with van der Waals surface area (Å²) in [5.74, 6) is -0.971. The van der Waals surface area contributed by atoms with Gasteiger partial charge in [0.25, 0.3) is 0 Å². The number of nitrogens with zero attached hydrogens (tertiary/aromatic N) is 1. The zero-order chi connectivity index (χ0) is 11.5. The minimum atomic E-state index is -0.915. The molecular weight excluding hydrogens is 226 g/mol. The third kappa shape index (κ3) is 2.41. The van der Waals surface area contributed by atoms with Gasteiger partial charge in [-0.3, -0.25) is 9.59 Å². The largest absolute Gasteiger partial charge is 0.481 e. The number of hydrogen-bond donors (Lipinski definition) is 1. The number of rotatable bonds is 3. The monoisotopic (exact) mass is 239 g/mol. The van der Waals surface area contributed by atoms with E-state index < -0.39 is 5.97 Å². The molecule has 0 saturated heterocycles. The van der Waals surface area contributed by atoms with Gasteiger partial charge in [-0.2, -0.15) is 0 Å². The van der Waals surface area contributed by atoms with Gasteiger partial charge in [-0.1, -0.05) is 0 Å². The second-order valence-electron chi connectivity index (χ2n) is 3.83. The Morgan fingerprint density at radius 2 is 2.25 bits per heavy atom. The van der Waals surface area contributed by atoms with Crippen LogP contribution in [0.4, 0.5) is 0 Å². The standard InChI is InChI=1S/C11H13NO3S/c13-10(1-2-11(14)15)12-5-3-9-8(7-12)4-6-16-9/h4,6H,1-3,5,7H2,(H,14,15). The van der Waals surface area contributed by atoms with Crippen molar-refractivity contribution in [2.75, 3.05) is 6.54 Å². The van der Waals surface area contributed by atoms with E-state index in [1.807, 2.05) is 11.4 Å². The van der Waals surface area contributed by atoms with Crippen molar-refractivity contribution in [3.05, 3.63) is 21.9 Å². The summed E-state index contributed by atoms with van der Waals surface area (Å²) < 4.78 is 0. The van der Waals surface area contributed by atoms with Gasteiger partial charge in [0.05, 0.1) is 6.42 Å². The lowest BCUT2D eigenvalue weighted by molar-refractivity contribution is -0.141. The minimum absolute atomic E-state index is 0.0562. The van der Waals surface area contributed by atoms with E-state index >= 15 is 0 Å². The Balaban J connectivity index is 1.93. The van der Waals surface area contributed by atoms with Crippen LogP contribution >= 0.6 is 11.3 Å². The van der Waals surface area contributed by atoms with Crippen molar-refractivity contribution in [2.45, 2.75) is 25.8 Å². The molecular formula is C11H13NO3S. The van der Waals surface area contributed by atoms with E-state index in [-0.39, 0.29) is 18.7 Å². The van der Waals surface area contributed by atoms with Gasteiger partial charge < -0.3 is 10.0 Å². The van der Waals surface area contributed by atoms with Gasteiger partial charge in [-0.15, -0.1) is 11.3 Å². The van der Waals surface area contributed by atoms with Crippen LogP contribution in [0.2, 0.25) is 0 Å². The van der Waals surface area contributed by atoms with Crippen LogP contribution in [0.1, 0.15) is 23.3 Å². The van der Waals surface area contributed by atoms with Crippen molar-refractivity contribution in [1.82, 2.24) is 4.90 Å². The van der Waals surface area contributed by atoms with E-state index in [1.165, 1.54) is 10.4 Å². The number of amides is 1. The lowest BCUT2D eigenvalue weighted by Crippen LogP contribution is -2.35. The summed E-state index contributed by atoms with van der Waals surface area (Å²) in [6, 6.07) is 2.04. The van der Waals surface area contributed by atoms with Gasteiger partial charge in [0.1, 0.15) is 0 Å². The Morgan fingerprint density at radius 3 is 3.00 bits per heavy atom. The summed E-state index contributed by atoms with van der Waals surface area (Å²) in [6.45, 7) is 1.35. The van der Waals surface area contributed by atoms with E-state index in [4.69, 9.17) is 5.11 Å². The fourth-order valence-electron chi connectivity index (χ4n) is 1.83. The van der Waals surface area contributed by atoms with Crippen LogP contribution in [0.3, 0.4) is 0 Å². The average Bonchev–Trinajstić information content (AvgIpc) is 2.72. The Hall–Kier alpha value is -1.36. The second-order valence-corrected chi connectivity index (χ2v) is 4.83. The number of thiophene rings is 1. The average molecular weight is 239 g/mol. The molecule has 16 heavy (non-hydrogen) atoms. The van der Waals surface area contributed by atoms with Crippen LogP contribution in [0, 0.1) is 0 Å². The summed E-state index contributed by atoms with van der Waals surface area (Å²) in [5, 5.41) is 10.6. The molecule has 0 bridgehead atoms. The molecule has 1 aromatic rings. The maximum atomic E-state index is 11.7. The van der Waals surface area contributed by atoms with Crippen LogP contribution < -0.4 is 0 Å². The van der Waals surface area contributed by atoms with Gasteiger partial charge in [0.2, 0.25) is 5.91 Å². The fraction of sp³-hybridized carbons (Fsp3) is 0.455. The predicted molar refractivity (Wildman–Crippen MR) is 60.3 cm³/mol. The SMILES string of the molecule is O=C(O)CCC(=O)N1CCc2sccc2C1. The smallest absolute Gasteiger partial charge is 0.303 e. The maximum absolute atomic E-state index is 11.7. The third-order valence-corrected chi connectivity index (χ3v) is 3.74. The summed E-state index contributed by atoms with van der Waals surface area (Å²) in [5.41, 5.74) is 1.21. The Kier molecular flexibility index (Phi) is 3.24. The highest BCUT2D eigenvalue weighted by molar-refractivity contribution is 7.10. The van der Waals surface area contributed by atoms with E-state index in [0.29, 0.717) is 13.1 Å². The lowest BCUT2D eigenvalue weighted by atomic mass is 10.1. The first kappa shape index (κ1) is 11.1. The first-order chi connectivity index (χ1) is 7.66. The van der Waals surface area contributed by atoms with Crippen molar-refractivity contribution in [1.29, 1.82) is 0 Å². The van der Waals surface area contributed by atoms with Crippen LogP contribution in [0.5, 0.6) is 0 Å². The first-order valence-electron chi connectivity index (χ1n) is 5.21. The fourth-order valence-corrected chi connectivity index (χ4v) is 2.72. The zero-order valence-electron chi connectivity index (χ0n) is 8.81. The molecule has 0 unspecified atom stereocenters. The zero-order valence-corrected chi connectivity index (χ0v) is 9.63. The van der Waals surface area contributed by atoms with Crippen LogP contribution in [-0.4, -0.2) is 28.4 Å². The van der Waals surface area contributed by atoms with Crippen LogP contribution in [-0.2, 0) is 22.6 Å². The van der Waals surface area contributed by atoms with Gasteiger partial charge in [-0.25, -0.2) is 0 Å². The number of hydrogen-bond acceptors (Lipinski definition) is 3. The number of aliphatic carboxylic acids is 1. The van der Waals surface area contributed by atoms with Crippen molar-refractivity contribution in [2.24, 2.45) is 0 Å². The first-order valence-corrected chi connectivity index (χ1v) is 6.09. The molecule has 2 heterocycles. The molecule has 1 N–H and O–H groups in total. The lowest BCUT2D eigenvalue weighted by Gasteiger charge is -2.26. The molecule has 1 aliphatic rings. The number of carbonyl (C=O) groups excluding carboxylic acids is 1. The summed E-state index contributed by atoms with van der Waals surface area (Å²) in [7, 11) is 0. The normalized spacial score (nSPS) is 14.6. The third-order valence-electron chi connectivity index (χ3n) is 2.71. The molecule has 1 amide bonds. The van der Waals surface area contributed by atoms with E-state index in [1.54, 1.807) is 16.2 Å². The molecule has 4 nitrogen and oxygen atoms in total. The van der Waals surface area contributed by atoms with Gasteiger partial charge in [0.15, 0.2) is 0 Å². The molecule has 0 radical (unpaired) electrons. The molecule has 1 aromatic heterocycles. The Labute approximate surface area is 97.5 Å². The number of fused-ring (bicyclic) bond motifs is 1. The minimum Gasteiger partial charge on any atom is -0.481 e. The molecule has 0 aliphatic carbocycles. The maximum Gasteiger partial charge on any atom is 0.303 e. The predicted octanol–water partition coefficient (Wildman–Crippen LogP) is 1.50. The van der Waals surface area contributed by atoms with E-state index in [2.05, 4.69) is 0 Å². The molecule has 0 fully saturated rings. The van der Waals surface area contributed by atoms with Crippen molar-refractivity contribution < 1.29 is 14.7 Å². The molecule has 2 rings (SSSR count). The number of carboxylic acids is 1. The highest BCUT2D eigenvalue weighted by Gasteiger charge is 2.21. The van der Waals surface area contributed by atoms with Gasteiger partial charge >= 0.3 is 5.97 Å². The summed E-state index contributed by atoms with van der Waals surface area (Å²) in [4.78, 5) is 25.2. The Morgan fingerprint density at radius 1 is 1.44 bits per heavy atom. The summed E-state index contributed by atoms with van der Waals surface area (Å²) in [6.07, 6.45) is 0.923. The molecule has 0 aromatic carbocycles. The Bertz CT molecular complexity index is 413. The van der Waals surface area contributed by atoms with Crippen molar-refractivity contribution in [3.8, 4) is 0 Å².